The number of benzene rings is 6. The molecule has 8 rings (SSSR count). The molecule has 0 aliphatic carbocycles. The number of nitrogens with one attached hydrogen (secondary N) is 2. The van der Waals surface area contributed by atoms with Crippen LogP contribution in [-0.4, -0.2) is 4.57 Å². The number of aromatic nitrogens is 1. The minimum absolute atomic E-state index is 0.0895. The minimum atomic E-state index is -0.0895. The molecule has 5 nitrogen and oxygen atoms in total. The van der Waals surface area contributed by atoms with Crippen molar-refractivity contribution in [3.05, 3.63) is 231 Å². The molecule has 2 heterocycles. The van der Waals surface area contributed by atoms with Crippen LogP contribution in [0, 0.1) is 5.53 Å². The molecule has 1 aliphatic heterocycles. The van der Waals surface area contributed by atoms with Gasteiger partial charge in [0.2, 0.25) is 0 Å². The van der Waals surface area contributed by atoms with Gasteiger partial charge in [-0.2, -0.15) is 5.11 Å². The molecule has 1 aromatic heterocycles. The summed E-state index contributed by atoms with van der Waals surface area (Å²) in [7, 11) is 0. The zero-order valence-electron chi connectivity index (χ0n) is 32.9. The van der Waals surface area contributed by atoms with Crippen LogP contribution in [0.3, 0.4) is 0 Å². The van der Waals surface area contributed by atoms with Gasteiger partial charge >= 0.3 is 0 Å². The summed E-state index contributed by atoms with van der Waals surface area (Å²) < 4.78 is 2.29. The fourth-order valence-electron chi connectivity index (χ4n) is 7.26. The van der Waals surface area contributed by atoms with Gasteiger partial charge in [0.1, 0.15) is 5.70 Å². The van der Waals surface area contributed by atoms with Gasteiger partial charge in [-0.25, -0.2) is 5.53 Å². The summed E-state index contributed by atoms with van der Waals surface area (Å²) in [4.78, 5) is 2.35. The Morgan fingerprint density at radius 2 is 1.07 bits per heavy atom. The average molecular weight is 744 g/mol. The quantitative estimate of drug-likeness (QED) is 0.114. The fraction of sp³-hybridized carbons (Fsp3) is 0.0769. The Morgan fingerprint density at radius 3 is 1.54 bits per heavy atom. The van der Waals surface area contributed by atoms with Crippen LogP contribution in [0.5, 0.6) is 0 Å². The highest BCUT2D eigenvalue weighted by atomic mass is 15.2. The zero-order chi connectivity index (χ0) is 40.2. The number of nitrogens with zero attached hydrogens (tertiary/aromatic N) is 3. The maximum absolute atomic E-state index is 7.92. The highest BCUT2D eigenvalue weighted by molar-refractivity contribution is 6.09. The molecule has 0 saturated heterocycles. The van der Waals surface area contributed by atoms with E-state index >= 15 is 0 Å². The van der Waals surface area contributed by atoms with Crippen LogP contribution in [-0.2, 0) is 5.41 Å². The van der Waals surface area contributed by atoms with Crippen molar-refractivity contribution in [3.8, 4) is 5.69 Å². The number of hydrogen-bond acceptors (Lipinski definition) is 4. The molecule has 0 bridgehead atoms. The van der Waals surface area contributed by atoms with Crippen molar-refractivity contribution < 1.29 is 0 Å². The summed E-state index contributed by atoms with van der Waals surface area (Å²) >= 11 is 0. The van der Waals surface area contributed by atoms with Crippen LogP contribution in [0.1, 0.15) is 37.5 Å². The highest BCUT2D eigenvalue weighted by Crippen LogP contribution is 2.51. The molecule has 0 radical (unpaired) electrons. The van der Waals surface area contributed by atoms with Crippen molar-refractivity contribution >= 4 is 50.3 Å². The first-order valence-electron chi connectivity index (χ1n) is 19.0. The summed E-state index contributed by atoms with van der Waals surface area (Å²) in [5, 5.41) is 9.69. The predicted octanol–water partition coefficient (Wildman–Crippen LogP) is 15.0. The van der Waals surface area contributed by atoms with Gasteiger partial charge in [0.05, 0.1) is 22.4 Å². The number of hydrogen-bond donors (Lipinski definition) is 2. The Bertz CT molecular complexity index is 2490. The first-order valence-corrected chi connectivity index (χ1v) is 19.0. The Balaban J connectivity index is 0.000000442. The van der Waals surface area contributed by atoms with Crippen LogP contribution in [0.25, 0.3) is 33.2 Å². The van der Waals surface area contributed by atoms with Gasteiger partial charge in [0.15, 0.2) is 0 Å². The molecule has 6 aromatic carbocycles. The first-order chi connectivity index (χ1) is 27.9. The number of rotatable bonds is 9. The first kappa shape index (κ1) is 39.5. The molecule has 5 heteroatoms. The normalized spacial score (nSPS) is 12.8. The van der Waals surface area contributed by atoms with Crippen LogP contribution in [0.15, 0.2) is 219 Å². The molecule has 0 atom stereocenters. The van der Waals surface area contributed by atoms with E-state index in [0.29, 0.717) is 5.70 Å². The molecule has 0 spiro atoms. The van der Waals surface area contributed by atoms with E-state index < -0.39 is 0 Å². The molecular weight excluding hydrogens is 695 g/mol. The van der Waals surface area contributed by atoms with Gasteiger partial charge in [-0.3, -0.25) is 0 Å². The highest BCUT2D eigenvalue weighted by Gasteiger charge is 2.36. The molecule has 0 amide bonds. The lowest BCUT2D eigenvalue weighted by molar-refractivity contribution is 0.632. The van der Waals surface area contributed by atoms with E-state index in [4.69, 9.17) is 5.53 Å². The van der Waals surface area contributed by atoms with Gasteiger partial charge in [-0.1, -0.05) is 161 Å². The third kappa shape index (κ3) is 8.38. The number of anilines is 4. The molecule has 57 heavy (non-hydrogen) atoms. The van der Waals surface area contributed by atoms with Gasteiger partial charge in [0, 0.05) is 45.0 Å². The van der Waals surface area contributed by atoms with E-state index in [-0.39, 0.29) is 5.41 Å². The van der Waals surface area contributed by atoms with Crippen molar-refractivity contribution in [3.63, 3.8) is 0 Å². The largest absolute Gasteiger partial charge is 0.360 e. The predicted molar refractivity (Wildman–Crippen MR) is 245 cm³/mol. The van der Waals surface area contributed by atoms with E-state index in [1.807, 2.05) is 43.4 Å². The second-order valence-corrected chi connectivity index (χ2v) is 13.9. The van der Waals surface area contributed by atoms with E-state index in [0.717, 1.165) is 22.6 Å². The van der Waals surface area contributed by atoms with E-state index in [1.165, 1.54) is 44.3 Å². The Labute approximate surface area is 337 Å². The van der Waals surface area contributed by atoms with Crippen LogP contribution in [0.2, 0.25) is 0 Å². The third-order valence-electron chi connectivity index (χ3n) is 9.97. The Kier molecular flexibility index (Phi) is 12.7. The van der Waals surface area contributed by atoms with E-state index in [1.54, 1.807) is 24.4 Å². The molecule has 282 valence electrons. The Morgan fingerprint density at radius 1 is 0.596 bits per heavy atom. The topological polar surface area (TPSA) is 56.4 Å². The third-order valence-corrected chi connectivity index (χ3v) is 9.97. The maximum atomic E-state index is 7.92. The SMILES string of the molecule is C=C/C=C\C.C=C/C=C\C=C.CC1(C)c2ccccc2N(c2ccc(N/C=C(\N=N)c3ccc(-n4c5ccccc5c5ccccc54)cc3)cc2)c2ccccc21. The van der Waals surface area contributed by atoms with Gasteiger partial charge in [-0.05, 0) is 78.7 Å². The second-order valence-electron chi connectivity index (χ2n) is 13.9. The summed E-state index contributed by atoms with van der Waals surface area (Å²) in [6.07, 6.45) is 14.4. The maximum Gasteiger partial charge on any atom is 0.108 e. The summed E-state index contributed by atoms with van der Waals surface area (Å²) in [5.74, 6) is 0. The Hall–Kier alpha value is -7.24. The fourth-order valence-corrected chi connectivity index (χ4v) is 7.26. The van der Waals surface area contributed by atoms with Gasteiger partial charge in [0.25, 0.3) is 0 Å². The lowest BCUT2D eigenvalue weighted by Crippen LogP contribution is -2.30. The molecule has 7 aromatic rings. The second kappa shape index (κ2) is 18.4. The monoisotopic (exact) mass is 743 g/mol. The van der Waals surface area contributed by atoms with Gasteiger partial charge < -0.3 is 14.8 Å². The molecular formula is C52H49N5. The molecule has 0 saturated carbocycles. The lowest BCUT2D eigenvalue weighted by Gasteiger charge is -2.42. The standard InChI is InChI=1S/C41H33N5.C6H8.C5H8/c1-41(2)34-13-5-9-17-39(34)46(40-18-10-6-14-35(40)41)31-25-21-29(22-26-31)43-27-36(44-42)28-19-23-30(24-20-28)45-37-15-7-3-11-32(37)33-12-4-8-16-38(33)45;1-3-5-6-4-2;1-3-5-4-2/h3-27,42-43H,1-2H3;3-6H,1-2H2;3-5H,1H2,2H3/b36-27-,44-42?;6-5-;5-4-. The molecule has 0 fully saturated rings. The molecule has 2 N–H and O–H groups in total. The van der Waals surface area contributed by atoms with Gasteiger partial charge in [-0.15, -0.1) is 0 Å². The van der Waals surface area contributed by atoms with E-state index in [2.05, 4.69) is 187 Å². The number of allylic oxidation sites excluding steroid dienone is 7. The smallest absolute Gasteiger partial charge is 0.108 e. The van der Waals surface area contributed by atoms with Crippen molar-refractivity contribution in [1.82, 2.24) is 4.57 Å². The zero-order valence-corrected chi connectivity index (χ0v) is 32.9. The van der Waals surface area contributed by atoms with E-state index in [9.17, 15) is 0 Å². The minimum Gasteiger partial charge on any atom is -0.360 e. The van der Waals surface area contributed by atoms with Crippen molar-refractivity contribution in [2.75, 3.05) is 10.2 Å². The van der Waals surface area contributed by atoms with Crippen molar-refractivity contribution in [1.29, 1.82) is 5.53 Å². The van der Waals surface area contributed by atoms with Crippen molar-refractivity contribution in [2.24, 2.45) is 5.11 Å². The van der Waals surface area contributed by atoms with Crippen LogP contribution >= 0.6 is 0 Å². The molecule has 1 aliphatic rings. The summed E-state index contributed by atoms with van der Waals surface area (Å²) in [6.45, 7) is 17.0. The average Bonchev–Trinajstić information content (AvgIpc) is 3.59. The van der Waals surface area contributed by atoms with Crippen LogP contribution < -0.4 is 10.2 Å². The van der Waals surface area contributed by atoms with Crippen molar-refractivity contribution in [2.45, 2.75) is 26.2 Å². The number of para-hydroxylation sites is 4. The summed E-state index contributed by atoms with van der Waals surface area (Å²) in [6, 6.07) is 51.0. The lowest BCUT2D eigenvalue weighted by atomic mass is 9.73. The summed E-state index contributed by atoms with van der Waals surface area (Å²) in [5.41, 5.74) is 19.7. The molecule has 0 unspecified atom stereocenters. The number of fused-ring (bicyclic) bond motifs is 5. The van der Waals surface area contributed by atoms with Crippen LogP contribution in [0.4, 0.5) is 22.7 Å².